The van der Waals surface area contributed by atoms with Crippen molar-refractivity contribution in [2.75, 3.05) is 26.2 Å². The number of hydrogen-bond acceptors (Lipinski definition) is 5. The normalized spacial score (nSPS) is 22.5. The molecule has 7 nitrogen and oxygen atoms in total. The zero-order valence-corrected chi connectivity index (χ0v) is 13.1. The van der Waals surface area contributed by atoms with Crippen molar-refractivity contribution >= 4 is 5.96 Å². The molecule has 1 saturated heterocycles. The van der Waals surface area contributed by atoms with Crippen LogP contribution in [0.1, 0.15) is 38.4 Å². The summed E-state index contributed by atoms with van der Waals surface area (Å²) < 4.78 is 10.8. The molecule has 0 spiro atoms. The van der Waals surface area contributed by atoms with E-state index in [4.69, 9.17) is 9.26 Å². The van der Waals surface area contributed by atoms with Gasteiger partial charge in [0.25, 0.3) is 0 Å². The second-order valence-electron chi connectivity index (χ2n) is 5.51. The summed E-state index contributed by atoms with van der Waals surface area (Å²) >= 11 is 0. The third-order valence-electron chi connectivity index (χ3n) is 3.42. The summed E-state index contributed by atoms with van der Waals surface area (Å²) in [7, 11) is 0. The summed E-state index contributed by atoms with van der Waals surface area (Å²) in [5, 5.41) is 10.3. The van der Waals surface area contributed by atoms with Crippen LogP contribution in [-0.2, 0) is 11.2 Å². The minimum Gasteiger partial charge on any atom is -0.373 e. The lowest BCUT2D eigenvalue weighted by molar-refractivity contribution is 0.0283. The lowest BCUT2D eigenvalue weighted by atomic mass is 10.0. The summed E-state index contributed by atoms with van der Waals surface area (Å²) in [6, 6.07) is 0. The number of aryl methyl sites for hydroxylation is 1. The monoisotopic (exact) mass is 295 g/mol. The Balaban J connectivity index is 1.80. The molecule has 1 aliphatic rings. The van der Waals surface area contributed by atoms with Gasteiger partial charge < -0.3 is 19.9 Å². The minimum absolute atomic E-state index is 0.119. The van der Waals surface area contributed by atoms with Gasteiger partial charge in [0.2, 0.25) is 5.89 Å². The van der Waals surface area contributed by atoms with Crippen LogP contribution >= 0.6 is 0 Å². The third kappa shape index (κ3) is 5.00. The van der Waals surface area contributed by atoms with Crippen LogP contribution in [0.2, 0.25) is 0 Å². The Kier molecular flexibility index (Phi) is 5.55. The van der Waals surface area contributed by atoms with Gasteiger partial charge in [0.1, 0.15) is 0 Å². The first-order valence-electron chi connectivity index (χ1n) is 7.57. The highest BCUT2D eigenvalue weighted by Gasteiger charge is 2.29. The molecule has 2 heterocycles. The molecule has 0 aromatic carbocycles. The molecule has 0 radical (unpaired) electrons. The van der Waals surface area contributed by atoms with Crippen LogP contribution in [0, 0.1) is 6.92 Å². The number of aromatic nitrogens is 2. The molecule has 0 bridgehead atoms. The number of nitrogens with one attached hydrogen (secondary N) is 2. The first-order chi connectivity index (χ1) is 10.1. The Labute approximate surface area is 125 Å². The second-order valence-corrected chi connectivity index (χ2v) is 5.51. The number of hydrogen-bond donors (Lipinski definition) is 2. The summed E-state index contributed by atoms with van der Waals surface area (Å²) in [4.78, 5) is 8.78. The predicted octanol–water partition coefficient (Wildman–Crippen LogP) is 1.04. The van der Waals surface area contributed by atoms with E-state index >= 15 is 0 Å². The van der Waals surface area contributed by atoms with Gasteiger partial charge in [-0.25, -0.2) is 0 Å². The number of nitrogens with zero attached hydrogens (tertiary/aromatic N) is 3. The van der Waals surface area contributed by atoms with Crippen molar-refractivity contribution in [3.63, 3.8) is 0 Å². The summed E-state index contributed by atoms with van der Waals surface area (Å²) in [5.41, 5.74) is -0.119. The lowest BCUT2D eigenvalue weighted by Gasteiger charge is -2.21. The molecule has 21 heavy (non-hydrogen) atoms. The average molecular weight is 295 g/mol. The van der Waals surface area contributed by atoms with Crippen molar-refractivity contribution in [1.29, 1.82) is 0 Å². The second kappa shape index (κ2) is 7.40. The Hall–Kier alpha value is -1.63. The molecule has 1 aromatic heterocycles. The van der Waals surface area contributed by atoms with Crippen LogP contribution in [0.15, 0.2) is 9.52 Å². The highest BCUT2D eigenvalue weighted by Crippen LogP contribution is 2.24. The molecular weight excluding hydrogens is 270 g/mol. The van der Waals surface area contributed by atoms with Crippen molar-refractivity contribution in [2.45, 2.75) is 45.6 Å². The number of aliphatic imine (C=N–C) groups is 1. The third-order valence-corrected chi connectivity index (χ3v) is 3.42. The van der Waals surface area contributed by atoms with E-state index in [1.165, 1.54) is 0 Å². The molecule has 0 aliphatic carbocycles. The molecule has 2 rings (SSSR count). The Morgan fingerprint density at radius 1 is 1.43 bits per heavy atom. The molecular formula is C14H25N5O2. The van der Waals surface area contributed by atoms with Crippen molar-refractivity contribution in [2.24, 2.45) is 4.99 Å². The van der Waals surface area contributed by atoms with E-state index in [0.29, 0.717) is 31.2 Å². The van der Waals surface area contributed by atoms with Crippen molar-refractivity contribution in [1.82, 2.24) is 20.8 Å². The number of ether oxygens (including phenoxy) is 1. The Bertz CT molecular complexity index is 466. The van der Waals surface area contributed by atoms with Crippen LogP contribution < -0.4 is 10.6 Å². The molecule has 0 amide bonds. The Morgan fingerprint density at radius 3 is 2.90 bits per heavy atom. The maximum absolute atomic E-state index is 5.75. The van der Waals surface area contributed by atoms with Gasteiger partial charge in [-0.15, -0.1) is 0 Å². The molecule has 1 aliphatic heterocycles. The zero-order valence-electron chi connectivity index (χ0n) is 13.1. The smallest absolute Gasteiger partial charge is 0.228 e. The van der Waals surface area contributed by atoms with Gasteiger partial charge in [-0.3, -0.25) is 4.99 Å². The van der Waals surface area contributed by atoms with Crippen molar-refractivity contribution < 1.29 is 9.26 Å². The fourth-order valence-corrected chi connectivity index (χ4v) is 2.28. The Morgan fingerprint density at radius 2 is 2.29 bits per heavy atom. The van der Waals surface area contributed by atoms with E-state index < -0.39 is 0 Å². The zero-order chi connectivity index (χ0) is 15.1. The van der Waals surface area contributed by atoms with Gasteiger partial charge in [0.05, 0.1) is 12.1 Å². The van der Waals surface area contributed by atoms with Crippen LogP contribution in [0.3, 0.4) is 0 Å². The SMILES string of the molecule is CCNC(=NCC1(C)CCCO1)NCCc1nc(C)no1. The minimum atomic E-state index is -0.119. The lowest BCUT2D eigenvalue weighted by Crippen LogP contribution is -2.40. The van der Waals surface area contributed by atoms with E-state index in [2.05, 4.69) is 32.7 Å². The predicted molar refractivity (Wildman–Crippen MR) is 80.3 cm³/mol. The first kappa shape index (κ1) is 15.8. The molecule has 118 valence electrons. The summed E-state index contributed by atoms with van der Waals surface area (Å²) in [5.74, 6) is 2.10. The fraction of sp³-hybridized carbons (Fsp3) is 0.786. The molecule has 1 atom stereocenters. The standard InChI is InChI=1S/C14H25N5O2/c1-4-15-13(17-10-14(3)7-5-9-20-14)16-8-6-12-18-11(2)19-21-12/h4-10H2,1-3H3,(H2,15,16,17). The highest BCUT2D eigenvalue weighted by atomic mass is 16.5. The fourth-order valence-electron chi connectivity index (χ4n) is 2.28. The van der Waals surface area contributed by atoms with Crippen LogP contribution in [-0.4, -0.2) is 47.9 Å². The topological polar surface area (TPSA) is 84.6 Å². The maximum atomic E-state index is 5.75. The summed E-state index contributed by atoms with van der Waals surface area (Å²) in [6.45, 7) is 9.01. The van der Waals surface area contributed by atoms with Gasteiger partial charge in [-0.2, -0.15) is 4.98 Å². The molecule has 1 unspecified atom stereocenters. The first-order valence-corrected chi connectivity index (χ1v) is 7.57. The molecule has 1 fully saturated rings. The highest BCUT2D eigenvalue weighted by molar-refractivity contribution is 5.79. The maximum Gasteiger partial charge on any atom is 0.228 e. The number of guanidine groups is 1. The van der Waals surface area contributed by atoms with Crippen molar-refractivity contribution in [3.8, 4) is 0 Å². The van der Waals surface area contributed by atoms with Gasteiger partial charge in [0, 0.05) is 26.1 Å². The number of rotatable bonds is 6. The van der Waals surface area contributed by atoms with E-state index in [1.54, 1.807) is 0 Å². The summed E-state index contributed by atoms with van der Waals surface area (Å²) in [6.07, 6.45) is 2.86. The molecule has 7 heteroatoms. The van der Waals surface area contributed by atoms with E-state index in [0.717, 1.165) is 32.0 Å². The molecule has 2 N–H and O–H groups in total. The van der Waals surface area contributed by atoms with E-state index in [-0.39, 0.29) is 5.60 Å². The van der Waals surface area contributed by atoms with Gasteiger partial charge in [-0.05, 0) is 33.6 Å². The van der Waals surface area contributed by atoms with Crippen LogP contribution in [0.25, 0.3) is 0 Å². The largest absolute Gasteiger partial charge is 0.373 e. The molecule has 0 saturated carbocycles. The molecule has 1 aromatic rings. The van der Waals surface area contributed by atoms with Crippen LogP contribution in [0.4, 0.5) is 0 Å². The average Bonchev–Trinajstić information content (AvgIpc) is 3.06. The van der Waals surface area contributed by atoms with E-state index in [9.17, 15) is 0 Å². The van der Waals surface area contributed by atoms with Crippen molar-refractivity contribution in [3.05, 3.63) is 11.7 Å². The van der Waals surface area contributed by atoms with E-state index in [1.807, 2.05) is 13.8 Å². The quantitative estimate of drug-likeness (QED) is 0.602. The van der Waals surface area contributed by atoms with Gasteiger partial charge in [0.15, 0.2) is 11.8 Å². The van der Waals surface area contributed by atoms with Crippen LogP contribution in [0.5, 0.6) is 0 Å². The van der Waals surface area contributed by atoms with Gasteiger partial charge >= 0.3 is 0 Å². The van der Waals surface area contributed by atoms with Gasteiger partial charge in [-0.1, -0.05) is 5.16 Å².